The Kier molecular flexibility index (Phi) is 5.60. The Morgan fingerprint density at radius 1 is 1.24 bits per heavy atom. The summed E-state index contributed by atoms with van der Waals surface area (Å²) >= 11 is 0. The molecule has 10 nitrogen and oxygen atoms in total. The fourth-order valence-electron chi connectivity index (χ4n) is 4.76. The second-order valence-corrected chi connectivity index (χ2v) is 8.61. The van der Waals surface area contributed by atoms with Gasteiger partial charge in [-0.1, -0.05) is 6.92 Å². The number of hydrogen-bond acceptors (Lipinski definition) is 8. The van der Waals surface area contributed by atoms with Gasteiger partial charge in [-0.15, -0.1) is 0 Å². The summed E-state index contributed by atoms with van der Waals surface area (Å²) in [6.07, 6.45) is 5.03. The molecule has 0 saturated carbocycles. The molecular weight excluding hydrogens is 434 g/mol. The number of anilines is 4. The number of rotatable bonds is 6. The Bertz CT molecular complexity index is 1240. The van der Waals surface area contributed by atoms with E-state index in [1.54, 1.807) is 32.5 Å². The number of methoxy groups -OCH3 is 2. The minimum Gasteiger partial charge on any atom is -0.494 e. The van der Waals surface area contributed by atoms with Crippen LogP contribution in [0.5, 0.6) is 5.75 Å². The van der Waals surface area contributed by atoms with Gasteiger partial charge in [-0.3, -0.25) is 4.79 Å². The molecule has 2 aromatic heterocycles. The monoisotopic (exact) mass is 463 g/mol. The number of amides is 1. The summed E-state index contributed by atoms with van der Waals surface area (Å²) in [5, 5.41) is 3.33. The number of aromatic nitrogens is 4. The molecule has 1 aromatic carbocycles. The van der Waals surface area contributed by atoms with Crippen molar-refractivity contribution in [3.8, 4) is 11.4 Å². The minimum absolute atomic E-state index is 0.00614. The molecule has 0 aliphatic carbocycles. The van der Waals surface area contributed by atoms with E-state index in [9.17, 15) is 4.79 Å². The van der Waals surface area contributed by atoms with Crippen LogP contribution >= 0.6 is 0 Å². The largest absolute Gasteiger partial charge is 0.494 e. The van der Waals surface area contributed by atoms with Crippen LogP contribution in [0, 0.1) is 6.92 Å². The van der Waals surface area contributed by atoms with E-state index in [4.69, 9.17) is 19.4 Å². The average Bonchev–Trinajstić information content (AvgIpc) is 3.48. The minimum atomic E-state index is -0.270. The first-order valence-electron chi connectivity index (χ1n) is 11.4. The van der Waals surface area contributed by atoms with E-state index in [-0.39, 0.29) is 18.1 Å². The summed E-state index contributed by atoms with van der Waals surface area (Å²) in [5.41, 5.74) is 4.21. The lowest BCUT2D eigenvalue weighted by Gasteiger charge is -2.37. The molecule has 0 radical (unpaired) electrons. The van der Waals surface area contributed by atoms with Crippen molar-refractivity contribution in [2.24, 2.45) is 0 Å². The van der Waals surface area contributed by atoms with Gasteiger partial charge in [-0.2, -0.15) is 4.98 Å². The van der Waals surface area contributed by atoms with Gasteiger partial charge in [0.15, 0.2) is 5.82 Å². The lowest BCUT2D eigenvalue weighted by atomic mass is 10.1. The van der Waals surface area contributed by atoms with Crippen LogP contribution in [0.15, 0.2) is 30.7 Å². The van der Waals surface area contributed by atoms with Gasteiger partial charge in [0.25, 0.3) is 0 Å². The zero-order chi connectivity index (χ0) is 24.0. The first-order valence-corrected chi connectivity index (χ1v) is 11.4. The average molecular weight is 464 g/mol. The highest BCUT2D eigenvalue weighted by atomic mass is 16.5. The summed E-state index contributed by atoms with van der Waals surface area (Å²) in [7, 11) is 5.13. The van der Waals surface area contributed by atoms with E-state index < -0.39 is 0 Å². The topological polar surface area (TPSA) is 97.6 Å². The molecule has 1 saturated heterocycles. The molecule has 1 fully saturated rings. The van der Waals surface area contributed by atoms with E-state index in [0.717, 1.165) is 34.3 Å². The van der Waals surface area contributed by atoms with E-state index in [1.807, 2.05) is 42.8 Å². The van der Waals surface area contributed by atoms with E-state index >= 15 is 0 Å². The third kappa shape index (κ3) is 3.63. The number of fused-ring (bicyclic) bond motifs is 3. The van der Waals surface area contributed by atoms with E-state index in [1.165, 1.54) is 0 Å². The highest BCUT2D eigenvalue weighted by Gasteiger charge is 2.45. The number of ether oxygens (including phenoxy) is 2. The second-order valence-electron chi connectivity index (χ2n) is 8.61. The lowest BCUT2D eigenvalue weighted by Crippen LogP contribution is -2.50. The smallest absolute Gasteiger partial charge is 0.249 e. The molecular formula is C24H29N7O3. The third-order valence-electron chi connectivity index (χ3n) is 6.52. The van der Waals surface area contributed by atoms with Crippen LogP contribution in [-0.2, 0) is 16.0 Å². The van der Waals surface area contributed by atoms with Gasteiger partial charge in [-0.05, 0) is 25.5 Å². The van der Waals surface area contributed by atoms with Crippen molar-refractivity contribution in [2.75, 3.05) is 42.9 Å². The molecule has 4 heterocycles. The number of imidazole rings is 1. The molecule has 0 spiro atoms. The van der Waals surface area contributed by atoms with Crippen molar-refractivity contribution in [3.63, 3.8) is 0 Å². The maximum Gasteiger partial charge on any atom is 0.249 e. The van der Waals surface area contributed by atoms with Crippen molar-refractivity contribution < 1.29 is 14.3 Å². The van der Waals surface area contributed by atoms with Crippen LogP contribution in [0.1, 0.15) is 24.7 Å². The van der Waals surface area contributed by atoms with Crippen LogP contribution in [0.3, 0.4) is 0 Å². The maximum atomic E-state index is 13.0. The summed E-state index contributed by atoms with van der Waals surface area (Å²) in [5.74, 6) is 2.00. The Morgan fingerprint density at radius 3 is 2.74 bits per heavy atom. The molecule has 178 valence electrons. The Hall–Kier alpha value is -3.66. The summed E-state index contributed by atoms with van der Waals surface area (Å²) < 4.78 is 13.1. The quantitative estimate of drug-likeness (QED) is 0.596. The highest BCUT2D eigenvalue weighted by Crippen LogP contribution is 2.41. The third-order valence-corrected chi connectivity index (χ3v) is 6.52. The molecule has 2 atom stereocenters. The summed E-state index contributed by atoms with van der Waals surface area (Å²) in [6.45, 7) is 4.60. The Labute approximate surface area is 198 Å². The normalized spacial score (nSPS) is 19.3. The number of likely N-dealkylation sites (N-methyl/N-ethyl adjacent to an activating group) is 1. The molecule has 0 bridgehead atoms. The van der Waals surface area contributed by atoms with Crippen LogP contribution < -0.4 is 19.9 Å². The van der Waals surface area contributed by atoms with E-state index in [2.05, 4.69) is 15.2 Å². The maximum absolute atomic E-state index is 13.0. The first-order chi connectivity index (χ1) is 16.4. The molecule has 0 unspecified atom stereocenters. The molecule has 10 heteroatoms. The molecule has 3 aromatic rings. The predicted octanol–water partition coefficient (Wildman–Crippen LogP) is 2.86. The summed E-state index contributed by atoms with van der Waals surface area (Å²) in [6, 6.07) is 5.56. The van der Waals surface area contributed by atoms with E-state index in [0.29, 0.717) is 31.1 Å². The Balaban J connectivity index is 1.51. The molecule has 5 rings (SSSR count). The summed E-state index contributed by atoms with van der Waals surface area (Å²) in [4.78, 5) is 30.7. The van der Waals surface area contributed by atoms with Gasteiger partial charge in [0.2, 0.25) is 11.9 Å². The molecule has 1 amide bonds. The van der Waals surface area contributed by atoms with Crippen molar-refractivity contribution >= 4 is 29.0 Å². The molecule has 1 N–H and O–H groups in total. The molecule has 2 aliphatic heterocycles. The Morgan fingerprint density at radius 2 is 2.06 bits per heavy atom. The van der Waals surface area contributed by atoms with Crippen LogP contribution in [0.25, 0.3) is 5.69 Å². The number of benzene rings is 1. The number of nitrogens with zero attached hydrogens (tertiary/aromatic N) is 6. The number of hydrogen-bond donors (Lipinski definition) is 1. The van der Waals surface area contributed by atoms with Crippen molar-refractivity contribution in [1.82, 2.24) is 19.5 Å². The fraction of sp³-hybridized carbons (Fsp3) is 0.417. The lowest BCUT2D eigenvalue weighted by molar-refractivity contribution is -0.119. The first kappa shape index (κ1) is 22.1. The van der Waals surface area contributed by atoms with Gasteiger partial charge in [0.1, 0.15) is 17.5 Å². The number of nitrogens with one attached hydrogen (secondary N) is 1. The van der Waals surface area contributed by atoms with Gasteiger partial charge in [0.05, 0.1) is 36.6 Å². The van der Waals surface area contributed by atoms with Crippen molar-refractivity contribution in [3.05, 3.63) is 42.1 Å². The van der Waals surface area contributed by atoms with Gasteiger partial charge >= 0.3 is 0 Å². The van der Waals surface area contributed by atoms with Crippen molar-refractivity contribution in [2.45, 2.75) is 38.8 Å². The number of carbonyl (C=O) groups is 1. The SMILES string of the molecule is CCc1nc(Nc2ccc(-n3cnc(C)c3)c(OC)c2)nc2c1N(C)C(=O)[C@@H]1C[C@@H](OC)CN21. The second kappa shape index (κ2) is 8.60. The van der Waals surface area contributed by atoms with Crippen LogP contribution in [0.4, 0.5) is 23.1 Å². The zero-order valence-corrected chi connectivity index (χ0v) is 20.1. The van der Waals surface area contributed by atoms with Crippen molar-refractivity contribution in [1.29, 1.82) is 0 Å². The number of aryl methyl sites for hydroxylation is 2. The predicted molar refractivity (Wildman–Crippen MR) is 130 cm³/mol. The highest BCUT2D eigenvalue weighted by molar-refractivity contribution is 6.05. The van der Waals surface area contributed by atoms with Gasteiger partial charge in [-0.25, -0.2) is 9.97 Å². The zero-order valence-electron chi connectivity index (χ0n) is 20.1. The van der Waals surface area contributed by atoms with Gasteiger partial charge < -0.3 is 29.2 Å². The van der Waals surface area contributed by atoms with Crippen LogP contribution in [-0.4, -0.2) is 65.4 Å². The van der Waals surface area contributed by atoms with Gasteiger partial charge in [0, 0.05) is 45.1 Å². The molecule has 2 aliphatic rings. The standard InChI is InChI=1S/C24H29N7O3/c1-6-17-21-22(31-12-16(33-4)10-19(31)23(32)29(21)3)28-24(27-17)26-15-7-8-18(20(9-15)34-5)30-11-14(2)25-13-30/h7-9,11,13,16,19H,6,10,12H2,1-5H3,(H,26,27,28)/t16-,19+/m1/s1. The fourth-order valence-corrected chi connectivity index (χ4v) is 4.76. The number of carbonyl (C=O) groups excluding carboxylic acids is 1. The van der Waals surface area contributed by atoms with Crippen LogP contribution in [0.2, 0.25) is 0 Å². The molecule has 34 heavy (non-hydrogen) atoms.